The molecule has 8 nitrogen and oxygen atoms in total. The Hall–Kier alpha value is -2.33. The van der Waals surface area contributed by atoms with E-state index < -0.39 is 26.3 Å². The SMILES string of the molecule is CC(=O)NC(C)(C)c1noc(-c2cc(S(N)(=O)=O)cc(F)c2C)n1. The summed E-state index contributed by atoms with van der Waals surface area (Å²) >= 11 is 0. The van der Waals surface area contributed by atoms with Crippen LogP contribution in [-0.2, 0) is 20.4 Å². The minimum atomic E-state index is -4.10. The lowest BCUT2D eigenvalue weighted by Crippen LogP contribution is -2.40. The van der Waals surface area contributed by atoms with Crippen molar-refractivity contribution in [2.75, 3.05) is 0 Å². The van der Waals surface area contributed by atoms with Crippen LogP contribution in [-0.4, -0.2) is 24.5 Å². The van der Waals surface area contributed by atoms with Crippen LogP contribution in [0.1, 0.15) is 32.2 Å². The molecule has 0 fully saturated rings. The van der Waals surface area contributed by atoms with Crippen LogP contribution >= 0.6 is 0 Å². The standard InChI is InChI=1S/C14H17FN4O4S/c1-7-10(5-9(6-11(7)15)24(16,21)22)12-17-13(19-23-12)14(3,4)18-8(2)20/h5-6H,1-4H3,(H,18,20)(H2,16,21,22). The van der Waals surface area contributed by atoms with Gasteiger partial charge in [-0.25, -0.2) is 17.9 Å². The molecule has 0 atom stereocenters. The van der Waals surface area contributed by atoms with Crippen molar-refractivity contribution in [3.8, 4) is 11.5 Å². The van der Waals surface area contributed by atoms with Gasteiger partial charge in [-0.3, -0.25) is 4.79 Å². The highest BCUT2D eigenvalue weighted by Crippen LogP contribution is 2.28. The van der Waals surface area contributed by atoms with Crippen LogP contribution in [0.3, 0.4) is 0 Å². The molecular formula is C14H17FN4O4S. The molecule has 3 N–H and O–H groups in total. The maximum atomic E-state index is 14.0. The molecule has 0 aliphatic rings. The van der Waals surface area contributed by atoms with Gasteiger partial charge in [0.15, 0.2) is 5.82 Å². The molecule has 0 saturated carbocycles. The van der Waals surface area contributed by atoms with Crippen molar-refractivity contribution in [3.63, 3.8) is 0 Å². The van der Waals surface area contributed by atoms with Crippen molar-refractivity contribution >= 4 is 15.9 Å². The van der Waals surface area contributed by atoms with Crippen LogP contribution in [0, 0.1) is 12.7 Å². The number of carbonyl (C=O) groups excluding carboxylic acids is 1. The Labute approximate surface area is 138 Å². The van der Waals surface area contributed by atoms with E-state index in [4.69, 9.17) is 9.66 Å². The molecule has 1 amide bonds. The number of amides is 1. The van der Waals surface area contributed by atoms with E-state index in [0.29, 0.717) is 0 Å². The predicted molar refractivity (Wildman–Crippen MR) is 82.6 cm³/mol. The van der Waals surface area contributed by atoms with Crippen molar-refractivity contribution in [3.05, 3.63) is 29.3 Å². The molecule has 0 saturated heterocycles. The Kier molecular flexibility index (Phi) is 4.46. The van der Waals surface area contributed by atoms with Gasteiger partial charge >= 0.3 is 0 Å². The molecule has 0 spiro atoms. The highest BCUT2D eigenvalue weighted by Gasteiger charge is 2.28. The van der Waals surface area contributed by atoms with E-state index in [0.717, 1.165) is 12.1 Å². The summed E-state index contributed by atoms with van der Waals surface area (Å²) in [6.45, 7) is 6.12. The minimum absolute atomic E-state index is 0.0784. The summed E-state index contributed by atoms with van der Waals surface area (Å²) in [5.41, 5.74) is -0.677. The first kappa shape index (κ1) is 18.0. The van der Waals surface area contributed by atoms with Gasteiger partial charge in [0.1, 0.15) is 5.82 Å². The first-order valence-corrected chi connectivity index (χ1v) is 8.42. The van der Waals surface area contributed by atoms with Gasteiger partial charge < -0.3 is 9.84 Å². The highest BCUT2D eigenvalue weighted by molar-refractivity contribution is 7.89. The third-order valence-corrected chi connectivity index (χ3v) is 4.24. The van der Waals surface area contributed by atoms with Crippen molar-refractivity contribution in [2.45, 2.75) is 38.1 Å². The van der Waals surface area contributed by atoms with Gasteiger partial charge in [-0.2, -0.15) is 4.98 Å². The number of nitrogens with zero attached hydrogens (tertiary/aromatic N) is 2. The van der Waals surface area contributed by atoms with Crippen molar-refractivity contribution in [1.82, 2.24) is 15.5 Å². The molecule has 24 heavy (non-hydrogen) atoms. The molecule has 0 unspecified atom stereocenters. The first-order valence-electron chi connectivity index (χ1n) is 6.88. The number of nitrogens with one attached hydrogen (secondary N) is 1. The third-order valence-electron chi connectivity index (χ3n) is 3.35. The fraction of sp³-hybridized carbons (Fsp3) is 0.357. The molecule has 1 heterocycles. The fourth-order valence-corrected chi connectivity index (χ4v) is 2.67. The van der Waals surface area contributed by atoms with E-state index in [1.54, 1.807) is 13.8 Å². The Balaban J connectivity index is 2.55. The second-order valence-corrected chi connectivity index (χ2v) is 7.41. The van der Waals surface area contributed by atoms with Crippen LogP contribution in [0.25, 0.3) is 11.5 Å². The number of nitrogens with two attached hydrogens (primary N) is 1. The van der Waals surface area contributed by atoms with Gasteiger partial charge in [0.25, 0.3) is 5.89 Å². The molecule has 2 rings (SSSR count). The van der Waals surface area contributed by atoms with Crippen LogP contribution in [0.5, 0.6) is 0 Å². The van der Waals surface area contributed by atoms with E-state index in [9.17, 15) is 17.6 Å². The first-order chi connectivity index (χ1) is 10.9. The zero-order valence-corrected chi connectivity index (χ0v) is 14.4. The number of carbonyl (C=O) groups is 1. The lowest BCUT2D eigenvalue weighted by molar-refractivity contribution is -0.120. The molecule has 130 valence electrons. The van der Waals surface area contributed by atoms with E-state index in [1.807, 2.05) is 0 Å². The molecule has 0 bridgehead atoms. The summed E-state index contributed by atoms with van der Waals surface area (Å²) < 4.78 is 42.0. The summed E-state index contributed by atoms with van der Waals surface area (Å²) in [6.07, 6.45) is 0. The number of hydrogen-bond acceptors (Lipinski definition) is 6. The lowest BCUT2D eigenvalue weighted by atomic mass is 10.0. The Morgan fingerprint density at radius 3 is 2.54 bits per heavy atom. The van der Waals surface area contributed by atoms with Crippen LogP contribution in [0.4, 0.5) is 4.39 Å². The monoisotopic (exact) mass is 356 g/mol. The third kappa shape index (κ3) is 3.60. The Bertz CT molecular complexity index is 905. The normalized spacial score (nSPS) is 12.2. The summed E-state index contributed by atoms with van der Waals surface area (Å²) in [5, 5.41) is 11.5. The number of benzene rings is 1. The highest BCUT2D eigenvalue weighted by atomic mass is 32.2. The van der Waals surface area contributed by atoms with E-state index >= 15 is 0 Å². The van der Waals surface area contributed by atoms with Crippen molar-refractivity contribution < 1.29 is 22.1 Å². The van der Waals surface area contributed by atoms with E-state index in [2.05, 4.69) is 15.5 Å². The minimum Gasteiger partial charge on any atom is -0.344 e. The molecule has 10 heteroatoms. The number of sulfonamides is 1. The van der Waals surface area contributed by atoms with Gasteiger partial charge in [0.2, 0.25) is 15.9 Å². The quantitative estimate of drug-likeness (QED) is 0.847. The number of rotatable bonds is 4. The zero-order valence-electron chi connectivity index (χ0n) is 13.5. The molecule has 0 aliphatic carbocycles. The lowest BCUT2D eigenvalue weighted by Gasteiger charge is -2.20. The van der Waals surface area contributed by atoms with Gasteiger partial charge in [0, 0.05) is 12.5 Å². The van der Waals surface area contributed by atoms with Crippen LogP contribution in [0.15, 0.2) is 21.6 Å². The largest absolute Gasteiger partial charge is 0.344 e. The maximum Gasteiger partial charge on any atom is 0.258 e. The number of primary sulfonamides is 1. The Morgan fingerprint density at radius 1 is 1.38 bits per heavy atom. The van der Waals surface area contributed by atoms with Gasteiger partial charge in [0.05, 0.1) is 10.4 Å². The molecule has 1 aromatic heterocycles. The van der Waals surface area contributed by atoms with Crippen LogP contribution in [0.2, 0.25) is 0 Å². The molecule has 2 aromatic rings. The number of hydrogen-bond donors (Lipinski definition) is 2. The summed E-state index contributed by atoms with van der Waals surface area (Å²) in [7, 11) is -4.10. The molecule has 0 radical (unpaired) electrons. The van der Waals surface area contributed by atoms with E-state index in [1.165, 1.54) is 13.8 Å². The van der Waals surface area contributed by atoms with Gasteiger partial charge in [-0.1, -0.05) is 5.16 Å². The summed E-state index contributed by atoms with van der Waals surface area (Å²) in [5.74, 6) is -0.971. The number of halogens is 1. The average Bonchev–Trinajstić information content (AvgIpc) is 2.89. The average molecular weight is 356 g/mol. The number of aromatic nitrogens is 2. The van der Waals surface area contributed by atoms with E-state index in [-0.39, 0.29) is 28.7 Å². The van der Waals surface area contributed by atoms with Crippen molar-refractivity contribution in [1.29, 1.82) is 0 Å². The molecule has 0 aliphatic heterocycles. The predicted octanol–water partition coefficient (Wildman–Crippen LogP) is 1.20. The second-order valence-electron chi connectivity index (χ2n) is 5.85. The fourth-order valence-electron chi connectivity index (χ4n) is 2.12. The Morgan fingerprint density at radius 2 is 2.00 bits per heavy atom. The summed E-state index contributed by atoms with van der Waals surface area (Å²) in [4.78, 5) is 15.0. The zero-order chi connectivity index (χ0) is 18.3. The van der Waals surface area contributed by atoms with Gasteiger partial charge in [-0.15, -0.1) is 0 Å². The van der Waals surface area contributed by atoms with Crippen LogP contribution < -0.4 is 10.5 Å². The smallest absolute Gasteiger partial charge is 0.258 e. The summed E-state index contributed by atoms with van der Waals surface area (Å²) in [6, 6.07) is 1.99. The van der Waals surface area contributed by atoms with Gasteiger partial charge in [-0.05, 0) is 38.5 Å². The molecular weight excluding hydrogens is 339 g/mol. The topological polar surface area (TPSA) is 128 Å². The van der Waals surface area contributed by atoms with Crippen molar-refractivity contribution in [2.24, 2.45) is 5.14 Å². The second kappa shape index (κ2) is 5.95. The molecule has 1 aromatic carbocycles. The maximum absolute atomic E-state index is 14.0.